The first-order valence-corrected chi connectivity index (χ1v) is 17.9. The van der Waals surface area contributed by atoms with Crippen LogP contribution >= 0.6 is 0 Å². The molecule has 9 nitrogen and oxygen atoms in total. The van der Waals surface area contributed by atoms with Gasteiger partial charge < -0.3 is 14.8 Å². The molecule has 8 rings (SSSR count). The van der Waals surface area contributed by atoms with Gasteiger partial charge in [0.05, 0.1) is 25.1 Å². The van der Waals surface area contributed by atoms with Crippen molar-refractivity contribution >= 4 is 21.7 Å². The molecule has 5 aromatic rings. The maximum absolute atomic E-state index is 15.5. The molecule has 0 spiro atoms. The number of carbonyl (C=O) groups excluding carboxylic acids is 1. The second-order valence-electron chi connectivity index (χ2n) is 12.6. The SMILES string of the molecule is C[C@@H]1COc2cc3c(c(NC(=O)N(C(c4ccccc4)(c4ccccc4)c4ccccc4)S(=O)(=O)c4cnn5c4OCCC5)c21)CCC3. The lowest BCUT2D eigenvalue weighted by Crippen LogP contribution is -2.55. The second kappa shape index (κ2) is 11.9. The first-order chi connectivity index (χ1) is 23.4. The molecule has 0 unspecified atom stereocenters. The molecule has 244 valence electrons. The monoisotopic (exact) mass is 660 g/mol. The summed E-state index contributed by atoms with van der Waals surface area (Å²) in [5, 5.41) is 7.59. The fourth-order valence-corrected chi connectivity index (χ4v) is 9.30. The van der Waals surface area contributed by atoms with Crippen molar-refractivity contribution in [3.05, 3.63) is 137 Å². The number of ether oxygens (including phenoxy) is 2. The zero-order chi connectivity index (χ0) is 32.9. The predicted molar refractivity (Wildman–Crippen MR) is 182 cm³/mol. The van der Waals surface area contributed by atoms with E-state index in [0.717, 1.165) is 46.0 Å². The number of carbonyl (C=O) groups is 1. The summed E-state index contributed by atoms with van der Waals surface area (Å²) < 4.78 is 45.6. The van der Waals surface area contributed by atoms with Crippen molar-refractivity contribution < 1.29 is 22.7 Å². The van der Waals surface area contributed by atoms with E-state index < -0.39 is 21.6 Å². The van der Waals surface area contributed by atoms with Gasteiger partial charge in [-0.3, -0.25) is 0 Å². The van der Waals surface area contributed by atoms with Crippen LogP contribution in [0.2, 0.25) is 0 Å². The number of benzene rings is 4. The van der Waals surface area contributed by atoms with Crippen molar-refractivity contribution in [1.82, 2.24) is 14.1 Å². The number of hydrogen-bond donors (Lipinski definition) is 1. The Hall–Kier alpha value is -5.09. The molecular formula is C38H36N4O5S. The third kappa shape index (κ3) is 4.69. The van der Waals surface area contributed by atoms with Gasteiger partial charge in [-0.25, -0.2) is 17.9 Å². The van der Waals surface area contributed by atoms with Gasteiger partial charge in [-0.05, 0) is 53.1 Å². The lowest BCUT2D eigenvalue weighted by Gasteiger charge is -2.44. The van der Waals surface area contributed by atoms with Gasteiger partial charge in [-0.2, -0.15) is 9.40 Å². The highest BCUT2D eigenvalue weighted by Crippen LogP contribution is 2.49. The fourth-order valence-electron chi connectivity index (χ4n) is 7.59. The van der Waals surface area contributed by atoms with Crippen molar-refractivity contribution in [1.29, 1.82) is 0 Å². The summed E-state index contributed by atoms with van der Waals surface area (Å²) in [4.78, 5) is 15.3. The summed E-state index contributed by atoms with van der Waals surface area (Å²) in [6, 6.07) is 29.3. The molecule has 3 heterocycles. The molecule has 1 aromatic heterocycles. The van der Waals surface area contributed by atoms with Crippen molar-refractivity contribution in [2.45, 2.75) is 55.5 Å². The maximum Gasteiger partial charge on any atom is 0.337 e. The number of fused-ring (bicyclic) bond motifs is 3. The third-order valence-corrected chi connectivity index (χ3v) is 11.5. The average Bonchev–Trinajstić information content (AvgIpc) is 3.87. The first-order valence-electron chi connectivity index (χ1n) is 16.4. The van der Waals surface area contributed by atoms with Crippen LogP contribution in [0.4, 0.5) is 10.5 Å². The molecule has 10 heteroatoms. The van der Waals surface area contributed by atoms with Gasteiger partial charge in [0, 0.05) is 24.4 Å². The molecule has 4 aromatic carbocycles. The third-order valence-electron chi connectivity index (χ3n) is 9.71. The molecule has 0 saturated carbocycles. The van der Waals surface area contributed by atoms with E-state index >= 15 is 13.2 Å². The number of nitrogens with one attached hydrogen (secondary N) is 1. The van der Waals surface area contributed by atoms with Crippen LogP contribution in [0.5, 0.6) is 11.6 Å². The molecule has 0 radical (unpaired) electrons. The fraction of sp³-hybridized carbons (Fsp3) is 0.263. The lowest BCUT2D eigenvalue weighted by atomic mass is 9.77. The standard InChI is InChI=1S/C38H36N4O5S/c1-26-25-47-32-23-27-13-11-20-31(27)35(34(26)32)40-37(43)42(48(44,45)33-24-39-41-21-12-22-46-36(33)41)38(28-14-5-2-6-15-28,29-16-7-3-8-17-29)30-18-9-4-10-19-30/h2-10,14-19,23-24,26H,11-13,20-22,25H2,1H3,(H,40,43)/t26-/m1/s1. The Morgan fingerprint density at radius 2 is 1.52 bits per heavy atom. The van der Waals surface area contributed by atoms with E-state index in [1.807, 2.05) is 91.0 Å². The second-order valence-corrected chi connectivity index (χ2v) is 14.4. The molecule has 0 saturated heterocycles. The zero-order valence-electron chi connectivity index (χ0n) is 26.6. The molecule has 1 N–H and O–H groups in total. The number of rotatable bonds is 7. The van der Waals surface area contributed by atoms with E-state index in [4.69, 9.17) is 9.47 Å². The molecule has 0 bridgehead atoms. The Balaban J connectivity index is 1.43. The average molecular weight is 661 g/mol. The van der Waals surface area contributed by atoms with E-state index in [0.29, 0.717) is 48.6 Å². The van der Waals surface area contributed by atoms with E-state index in [-0.39, 0.29) is 16.7 Å². The van der Waals surface area contributed by atoms with Gasteiger partial charge in [-0.1, -0.05) is 97.9 Å². The minimum Gasteiger partial charge on any atom is -0.493 e. The van der Waals surface area contributed by atoms with E-state index in [1.54, 1.807) is 4.68 Å². The number of anilines is 1. The molecule has 0 fully saturated rings. The van der Waals surface area contributed by atoms with Crippen molar-refractivity contribution in [2.24, 2.45) is 0 Å². The highest BCUT2D eigenvalue weighted by molar-refractivity contribution is 7.89. The van der Waals surface area contributed by atoms with Crippen LogP contribution in [0, 0.1) is 0 Å². The summed E-state index contributed by atoms with van der Waals surface area (Å²) in [7, 11) is -4.68. The van der Waals surface area contributed by atoms with Gasteiger partial charge >= 0.3 is 6.03 Å². The first kappa shape index (κ1) is 30.3. The summed E-state index contributed by atoms with van der Waals surface area (Å²) >= 11 is 0. The van der Waals surface area contributed by atoms with E-state index in [9.17, 15) is 0 Å². The highest BCUT2D eigenvalue weighted by atomic mass is 32.2. The van der Waals surface area contributed by atoms with Crippen molar-refractivity contribution in [3.8, 4) is 11.6 Å². The number of hydrogen-bond acceptors (Lipinski definition) is 6. The summed E-state index contributed by atoms with van der Waals surface area (Å²) in [5.41, 5.74) is 3.86. The number of aromatic nitrogens is 2. The van der Waals surface area contributed by atoms with Crippen LogP contribution in [-0.2, 0) is 34.9 Å². The topological polar surface area (TPSA) is 103 Å². The number of sulfonamides is 1. The van der Waals surface area contributed by atoms with Crippen molar-refractivity contribution in [3.63, 3.8) is 0 Å². The number of amides is 2. The number of nitrogens with zero attached hydrogens (tertiary/aromatic N) is 3. The predicted octanol–water partition coefficient (Wildman–Crippen LogP) is 6.87. The van der Waals surface area contributed by atoms with Crippen LogP contribution in [0.3, 0.4) is 0 Å². The molecule has 3 aliphatic rings. The quantitative estimate of drug-likeness (QED) is 0.191. The van der Waals surface area contributed by atoms with Crippen LogP contribution in [-0.4, -0.2) is 41.7 Å². The van der Waals surface area contributed by atoms with Gasteiger partial charge in [0.1, 0.15) is 11.3 Å². The normalized spacial score (nSPS) is 16.6. The van der Waals surface area contributed by atoms with E-state index in [1.165, 1.54) is 6.20 Å². The number of urea groups is 1. The Morgan fingerprint density at radius 1 is 0.896 bits per heavy atom. The maximum atomic E-state index is 15.5. The molecule has 48 heavy (non-hydrogen) atoms. The number of aryl methyl sites for hydroxylation is 2. The molecule has 1 atom stereocenters. The van der Waals surface area contributed by atoms with Gasteiger partial charge in [0.25, 0.3) is 10.0 Å². The van der Waals surface area contributed by atoms with Gasteiger partial charge in [0.15, 0.2) is 4.90 Å². The van der Waals surface area contributed by atoms with Crippen LogP contribution in [0.15, 0.2) is 108 Å². The van der Waals surface area contributed by atoms with Crippen molar-refractivity contribution in [2.75, 3.05) is 18.5 Å². The Bertz CT molecular complexity index is 2000. The minimum atomic E-state index is -4.68. The Labute approximate surface area is 280 Å². The van der Waals surface area contributed by atoms with E-state index in [2.05, 4.69) is 23.4 Å². The minimum absolute atomic E-state index is 0.0180. The van der Waals surface area contributed by atoms with Crippen LogP contribution in [0.25, 0.3) is 0 Å². The molecule has 1 aliphatic carbocycles. The van der Waals surface area contributed by atoms with Crippen LogP contribution in [0.1, 0.15) is 59.1 Å². The lowest BCUT2D eigenvalue weighted by molar-refractivity contribution is 0.212. The Morgan fingerprint density at radius 3 is 2.15 bits per heavy atom. The van der Waals surface area contributed by atoms with Gasteiger partial charge in [0.2, 0.25) is 5.88 Å². The summed E-state index contributed by atoms with van der Waals surface area (Å²) in [6.45, 7) is 3.42. The largest absolute Gasteiger partial charge is 0.493 e. The molecular weight excluding hydrogens is 625 g/mol. The smallest absolute Gasteiger partial charge is 0.337 e. The molecule has 2 aliphatic heterocycles. The zero-order valence-corrected chi connectivity index (χ0v) is 27.4. The summed E-state index contributed by atoms with van der Waals surface area (Å²) in [5.74, 6) is 0.891. The highest BCUT2D eigenvalue weighted by Gasteiger charge is 2.53. The molecule has 2 amide bonds. The van der Waals surface area contributed by atoms with Crippen LogP contribution < -0.4 is 14.8 Å². The Kier molecular flexibility index (Phi) is 7.47. The summed E-state index contributed by atoms with van der Waals surface area (Å²) in [6.07, 6.45) is 4.59. The van der Waals surface area contributed by atoms with Gasteiger partial charge in [-0.15, -0.1) is 0 Å².